The number of benzene rings is 3. The lowest BCUT2D eigenvalue weighted by Gasteiger charge is -2.30. The van der Waals surface area contributed by atoms with Gasteiger partial charge in [0, 0.05) is 11.6 Å². The standard InChI is InChI=1S/C30H26ClN3O2S/c1-20-10-13-24(14-11-20)34-28(32-26-19-23(31)12-15-25(26)29(34)35)21(2)33(30(36)27-9-6-18-37-27)17-16-22-7-4-3-5-8-22/h3-15,18-19,21H,16-17H2,1-2H3. The zero-order valence-electron chi connectivity index (χ0n) is 20.6. The third-order valence-electron chi connectivity index (χ3n) is 6.47. The first-order chi connectivity index (χ1) is 17.9. The summed E-state index contributed by atoms with van der Waals surface area (Å²) in [6.45, 7) is 4.40. The molecule has 1 atom stereocenters. The summed E-state index contributed by atoms with van der Waals surface area (Å²) in [4.78, 5) is 34.9. The molecule has 0 bridgehead atoms. The molecule has 0 saturated heterocycles. The third-order valence-corrected chi connectivity index (χ3v) is 7.56. The number of carbonyl (C=O) groups is 1. The van der Waals surface area contributed by atoms with E-state index in [9.17, 15) is 9.59 Å². The molecule has 5 nitrogen and oxygen atoms in total. The van der Waals surface area contributed by atoms with Crippen LogP contribution in [-0.4, -0.2) is 26.9 Å². The maximum atomic E-state index is 13.8. The van der Waals surface area contributed by atoms with Crippen LogP contribution in [0.1, 0.15) is 39.6 Å². The number of fused-ring (bicyclic) bond motifs is 1. The monoisotopic (exact) mass is 527 g/mol. The molecule has 0 saturated carbocycles. The Morgan fingerprint density at radius 1 is 1.03 bits per heavy atom. The predicted octanol–water partition coefficient (Wildman–Crippen LogP) is 6.86. The number of halogens is 1. The third kappa shape index (κ3) is 5.22. The van der Waals surface area contributed by atoms with Crippen LogP contribution in [0.25, 0.3) is 16.6 Å². The van der Waals surface area contributed by atoms with Crippen LogP contribution in [0.2, 0.25) is 5.02 Å². The van der Waals surface area contributed by atoms with Gasteiger partial charge in [-0.15, -0.1) is 11.3 Å². The number of aryl methyl sites for hydroxylation is 1. The lowest BCUT2D eigenvalue weighted by atomic mass is 10.1. The van der Waals surface area contributed by atoms with Gasteiger partial charge in [-0.05, 0) is 67.6 Å². The van der Waals surface area contributed by atoms with Crippen molar-refractivity contribution in [1.82, 2.24) is 14.5 Å². The van der Waals surface area contributed by atoms with Gasteiger partial charge in [0.2, 0.25) is 0 Å². The lowest BCUT2D eigenvalue weighted by molar-refractivity contribution is 0.0688. The average molecular weight is 528 g/mol. The van der Waals surface area contributed by atoms with Gasteiger partial charge in [-0.3, -0.25) is 14.2 Å². The molecule has 5 aromatic rings. The molecule has 2 aromatic heterocycles. The second-order valence-electron chi connectivity index (χ2n) is 9.00. The Bertz CT molecular complexity index is 1600. The molecular weight excluding hydrogens is 502 g/mol. The van der Waals surface area contributed by atoms with Crippen LogP contribution >= 0.6 is 22.9 Å². The van der Waals surface area contributed by atoms with Gasteiger partial charge in [0.05, 0.1) is 27.5 Å². The molecule has 0 N–H and O–H groups in total. The average Bonchev–Trinajstić information content (AvgIpc) is 3.45. The molecule has 2 heterocycles. The topological polar surface area (TPSA) is 55.2 Å². The Balaban J connectivity index is 1.66. The van der Waals surface area contributed by atoms with E-state index in [-0.39, 0.29) is 11.5 Å². The largest absolute Gasteiger partial charge is 0.328 e. The van der Waals surface area contributed by atoms with E-state index in [4.69, 9.17) is 16.6 Å². The molecule has 186 valence electrons. The highest BCUT2D eigenvalue weighted by Gasteiger charge is 2.28. The van der Waals surface area contributed by atoms with Crippen molar-refractivity contribution in [2.24, 2.45) is 0 Å². The molecular formula is C30H26ClN3O2S. The molecule has 0 aliphatic rings. The van der Waals surface area contributed by atoms with Crippen molar-refractivity contribution in [3.8, 4) is 5.69 Å². The molecule has 1 unspecified atom stereocenters. The quantitative estimate of drug-likeness (QED) is 0.232. The first-order valence-electron chi connectivity index (χ1n) is 12.1. The smallest absolute Gasteiger partial charge is 0.266 e. The van der Waals surface area contributed by atoms with Gasteiger partial charge in [0.1, 0.15) is 5.82 Å². The number of rotatable bonds is 7. The van der Waals surface area contributed by atoms with Crippen molar-refractivity contribution in [1.29, 1.82) is 0 Å². The minimum Gasteiger partial charge on any atom is -0.328 e. The van der Waals surface area contributed by atoms with E-state index in [1.165, 1.54) is 11.3 Å². The van der Waals surface area contributed by atoms with E-state index in [0.29, 0.717) is 45.3 Å². The van der Waals surface area contributed by atoms with E-state index < -0.39 is 6.04 Å². The predicted molar refractivity (Wildman–Crippen MR) is 151 cm³/mol. The van der Waals surface area contributed by atoms with Crippen molar-refractivity contribution in [2.75, 3.05) is 6.54 Å². The van der Waals surface area contributed by atoms with Crippen molar-refractivity contribution in [3.05, 3.63) is 128 Å². The highest BCUT2D eigenvalue weighted by molar-refractivity contribution is 7.12. The van der Waals surface area contributed by atoms with Gasteiger partial charge in [0.15, 0.2) is 0 Å². The summed E-state index contributed by atoms with van der Waals surface area (Å²) >= 11 is 7.67. The molecule has 37 heavy (non-hydrogen) atoms. The number of carbonyl (C=O) groups excluding carboxylic acids is 1. The van der Waals surface area contributed by atoms with Crippen molar-refractivity contribution < 1.29 is 4.79 Å². The molecule has 0 aliphatic carbocycles. The number of thiophene rings is 1. The summed E-state index contributed by atoms with van der Waals surface area (Å²) in [5.41, 5.74) is 3.23. The molecule has 5 rings (SSSR count). The fraction of sp³-hybridized carbons (Fsp3) is 0.167. The van der Waals surface area contributed by atoms with E-state index >= 15 is 0 Å². The summed E-state index contributed by atoms with van der Waals surface area (Å²) in [7, 11) is 0. The summed E-state index contributed by atoms with van der Waals surface area (Å²) in [5, 5.41) is 2.87. The SMILES string of the molecule is Cc1ccc(-n2c(C(C)N(CCc3ccccc3)C(=O)c3cccs3)nc3cc(Cl)ccc3c2=O)cc1. The Kier molecular flexibility index (Phi) is 7.22. The number of nitrogens with zero attached hydrogens (tertiary/aromatic N) is 3. The van der Waals surface area contributed by atoms with E-state index in [1.807, 2.05) is 78.7 Å². The first kappa shape index (κ1) is 24.9. The molecule has 0 radical (unpaired) electrons. The van der Waals surface area contributed by atoms with E-state index in [2.05, 4.69) is 12.1 Å². The summed E-state index contributed by atoms with van der Waals surface area (Å²) in [5.74, 6) is 0.399. The molecule has 0 aliphatic heterocycles. The van der Waals surface area contributed by atoms with Gasteiger partial charge in [0.25, 0.3) is 11.5 Å². The van der Waals surface area contributed by atoms with Crippen LogP contribution in [0, 0.1) is 6.92 Å². The zero-order valence-corrected chi connectivity index (χ0v) is 22.2. The molecule has 3 aromatic carbocycles. The van der Waals surface area contributed by atoms with Crippen molar-refractivity contribution >= 4 is 39.7 Å². The van der Waals surface area contributed by atoms with Gasteiger partial charge >= 0.3 is 0 Å². The molecule has 0 fully saturated rings. The minimum atomic E-state index is -0.490. The second-order valence-corrected chi connectivity index (χ2v) is 10.4. The zero-order chi connectivity index (χ0) is 25.9. The number of amides is 1. The Labute approximate surface area is 224 Å². The Morgan fingerprint density at radius 2 is 1.78 bits per heavy atom. The number of hydrogen-bond donors (Lipinski definition) is 0. The normalized spacial score (nSPS) is 12.0. The van der Waals surface area contributed by atoms with Crippen LogP contribution in [-0.2, 0) is 6.42 Å². The number of hydrogen-bond acceptors (Lipinski definition) is 4. The fourth-order valence-corrected chi connectivity index (χ4v) is 5.29. The molecule has 7 heteroatoms. The summed E-state index contributed by atoms with van der Waals surface area (Å²) in [6, 6.07) is 26.1. The Morgan fingerprint density at radius 3 is 2.49 bits per heavy atom. The van der Waals surface area contributed by atoms with Crippen LogP contribution in [0.4, 0.5) is 0 Å². The fourth-order valence-electron chi connectivity index (χ4n) is 4.45. The van der Waals surface area contributed by atoms with Gasteiger partial charge < -0.3 is 4.90 Å². The van der Waals surface area contributed by atoms with Gasteiger partial charge in [-0.1, -0.05) is 65.7 Å². The molecule has 1 amide bonds. The van der Waals surface area contributed by atoms with Crippen LogP contribution < -0.4 is 5.56 Å². The van der Waals surface area contributed by atoms with E-state index in [0.717, 1.165) is 11.1 Å². The summed E-state index contributed by atoms with van der Waals surface area (Å²) in [6.07, 6.45) is 0.677. The number of aromatic nitrogens is 2. The maximum absolute atomic E-state index is 13.8. The molecule has 0 spiro atoms. The first-order valence-corrected chi connectivity index (χ1v) is 13.4. The minimum absolute atomic E-state index is 0.0886. The lowest BCUT2D eigenvalue weighted by Crippen LogP contribution is -2.38. The van der Waals surface area contributed by atoms with E-state index in [1.54, 1.807) is 22.8 Å². The Hall–Kier alpha value is -3.74. The van der Waals surface area contributed by atoms with Crippen LogP contribution in [0.15, 0.2) is 95.1 Å². The van der Waals surface area contributed by atoms with Crippen molar-refractivity contribution in [3.63, 3.8) is 0 Å². The van der Waals surface area contributed by atoms with Gasteiger partial charge in [-0.2, -0.15) is 0 Å². The van der Waals surface area contributed by atoms with Crippen LogP contribution in [0.3, 0.4) is 0 Å². The summed E-state index contributed by atoms with van der Waals surface area (Å²) < 4.78 is 1.62. The van der Waals surface area contributed by atoms with Gasteiger partial charge in [-0.25, -0.2) is 4.98 Å². The highest BCUT2D eigenvalue weighted by Crippen LogP contribution is 2.27. The maximum Gasteiger partial charge on any atom is 0.266 e. The second kappa shape index (κ2) is 10.7. The van der Waals surface area contributed by atoms with Crippen LogP contribution in [0.5, 0.6) is 0 Å². The highest BCUT2D eigenvalue weighted by atomic mass is 35.5. The van der Waals surface area contributed by atoms with Crippen molar-refractivity contribution in [2.45, 2.75) is 26.3 Å².